The maximum atomic E-state index is 10.6. The first kappa shape index (κ1) is 9.48. The van der Waals surface area contributed by atoms with Gasteiger partial charge in [0.15, 0.2) is 0 Å². The normalized spacial score (nSPS) is 32.8. The number of nitrogens with one attached hydrogen (secondary N) is 1. The van der Waals surface area contributed by atoms with Gasteiger partial charge in [-0.3, -0.25) is 4.79 Å². The van der Waals surface area contributed by atoms with Crippen LogP contribution in [0.2, 0.25) is 0 Å². The van der Waals surface area contributed by atoms with E-state index < -0.39 is 18.0 Å². The molecule has 0 aromatic carbocycles. The van der Waals surface area contributed by atoms with Crippen molar-refractivity contribution in [2.24, 2.45) is 11.8 Å². The van der Waals surface area contributed by atoms with Crippen LogP contribution in [0.4, 0.5) is 0 Å². The maximum Gasteiger partial charge on any atom is 0.306 e. The number of carboxylic acid groups (broad SMARTS) is 1. The molecule has 4 nitrogen and oxygen atoms in total. The smallest absolute Gasteiger partial charge is 0.306 e. The Hall–Kier alpha value is -0.610. The molecule has 0 amide bonds. The van der Waals surface area contributed by atoms with E-state index in [9.17, 15) is 9.90 Å². The molecule has 0 aromatic rings. The summed E-state index contributed by atoms with van der Waals surface area (Å²) in [6, 6.07) is 0. The molecule has 1 saturated heterocycles. The van der Waals surface area contributed by atoms with Crippen molar-refractivity contribution in [2.45, 2.75) is 19.4 Å². The quantitative estimate of drug-likeness (QED) is 0.535. The van der Waals surface area contributed by atoms with Crippen LogP contribution in [0, 0.1) is 11.8 Å². The minimum absolute atomic E-state index is 0.0938. The summed E-state index contributed by atoms with van der Waals surface area (Å²) in [6.07, 6.45) is 0.235. The number of hydrogen-bond donors (Lipinski definition) is 3. The molecule has 1 rings (SSSR count). The Labute approximate surface area is 71.6 Å². The lowest BCUT2D eigenvalue weighted by Gasteiger charge is -2.30. The third-order valence-electron chi connectivity index (χ3n) is 2.53. The van der Waals surface area contributed by atoms with Crippen LogP contribution in [0.1, 0.15) is 13.3 Å². The second kappa shape index (κ2) is 3.87. The zero-order valence-corrected chi connectivity index (χ0v) is 7.16. The Kier molecular flexibility index (Phi) is 3.05. The number of aliphatic carboxylic acids is 1. The molecule has 0 aromatic heterocycles. The number of carbonyl (C=O) groups is 1. The van der Waals surface area contributed by atoms with Crippen molar-refractivity contribution in [3.05, 3.63) is 0 Å². The number of carboxylic acids is 1. The van der Waals surface area contributed by atoms with E-state index in [1.807, 2.05) is 0 Å². The van der Waals surface area contributed by atoms with Crippen molar-refractivity contribution in [3.63, 3.8) is 0 Å². The van der Waals surface area contributed by atoms with Gasteiger partial charge in [0.05, 0.1) is 12.0 Å². The summed E-state index contributed by atoms with van der Waals surface area (Å²) in [5.74, 6) is -1.35. The standard InChI is InChI=1S/C8H15NO3/c1-5(8(11)12)6-2-3-9-4-7(6)10/h5-7,9-10H,2-4H2,1H3,(H,11,12). The fourth-order valence-corrected chi connectivity index (χ4v) is 1.63. The molecule has 0 spiro atoms. The van der Waals surface area contributed by atoms with Crippen molar-refractivity contribution in [3.8, 4) is 0 Å². The lowest BCUT2D eigenvalue weighted by Crippen LogP contribution is -2.44. The van der Waals surface area contributed by atoms with Gasteiger partial charge in [-0.2, -0.15) is 0 Å². The van der Waals surface area contributed by atoms with Crippen LogP contribution < -0.4 is 5.32 Å². The van der Waals surface area contributed by atoms with Gasteiger partial charge in [-0.05, 0) is 13.0 Å². The summed E-state index contributed by atoms with van der Waals surface area (Å²) in [4.78, 5) is 10.6. The van der Waals surface area contributed by atoms with E-state index in [0.29, 0.717) is 6.54 Å². The molecule has 0 saturated carbocycles. The average Bonchev–Trinajstić information content (AvgIpc) is 2.04. The van der Waals surface area contributed by atoms with E-state index in [1.54, 1.807) is 6.92 Å². The molecule has 3 N–H and O–H groups in total. The number of aliphatic hydroxyl groups excluding tert-OH is 1. The lowest BCUT2D eigenvalue weighted by atomic mass is 9.84. The monoisotopic (exact) mass is 173 g/mol. The van der Waals surface area contributed by atoms with E-state index >= 15 is 0 Å². The molecule has 0 aliphatic carbocycles. The highest BCUT2D eigenvalue weighted by atomic mass is 16.4. The van der Waals surface area contributed by atoms with Gasteiger partial charge in [0.1, 0.15) is 0 Å². The molecule has 0 bridgehead atoms. The first-order chi connectivity index (χ1) is 5.63. The first-order valence-electron chi connectivity index (χ1n) is 4.24. The Balaban J connectivity index is 2.53. The Morgan fingerprint density at radius 1 is 1.67 bits per heavy atom. The van der Waals surface area contributed by atoms with Crippen LogP contribution >= 0.6 is 0 Å². The predicted octanol–water partition coefficient (Wildman–Crippen LogP) is -0.323. The summed E-state index contributed by atoms with van der Waals surface area (Å²) in [7, 11) is 0. The molecule has 1 aliphatic rings. The second-order valence-corrected chi connectivity index (χ2v) is 3.35. The van der Waals surface area contributed by atoms with Crippen LogP contribution in [0.5, 0.6) is 0 Å². The minimum Gasteiger partial charge on any atom is -0.481 e. The van der Waals surface area contributed by atoms with Gasteiger partial charge in [0.25, 0.3) is 0 Å². The topological polar surface area (TPSA) is 69.6 Å². The van der Waals surface area contributed by atoms with Crippen LogP contribution in [0.15, 0.2) is 0 Å². The molecule has 1 heterocycles. The van der Waals surface area contributed by atoms with Gasteiger partial charge >= 0.3 is 5.97 Å². The molecule has 70 valence electrons. The van der Waals surface area contributed by atoms with Crippen molar-refractivity contribution < 1.29 is 15.0 Å². The van der Waals surface area contributed by atoms with Crippen molar-refractivity contribution in [1.29, 1.82) is 0 Å². The largest absolute Gasteiger partial charge is 0.481 e. The SMILES string of the molecule is CC(C(=O)O)C1CCNCC1O. The Morgan fingerprint density at radius 3 is 2.83 bits per heavy atom. The average molecular weight is 173 g/mol. The Morgan fingerprint density at radius 2 is 2.33 bits per heavy atom. The number of hydrogen-bond acceptors (Lipinski definition) is 3. The van der Waals surface area contributed by atoms with E-state index in [0.717, 1.165) is 13.0 Å². The van der Waals surface area contributed by atoms with E-state index in [2.05, 4.69) is 5.32 Å². The summed E-state index contributed by atoms with van der Waals surface area (Å²) >= 11 is 0. The highest BCUT2D eigenvalue weighted by Gasteiger charge is 2.31. The van der Waals surface area contributed by atoms with Gasteiger partial charge in [-0.25, -0.2) is 0 Å². The van der Waals surface area contributed by atoms with Crippen LogP contribution in [0.3, 0.4) is 0 Å². The third-order valence-corrected chi connectivity index (χ3v) is 2.53. The highest BCUT2D eigenvalue weighted by Crippen LogP contribution is 2.22. The molecule has 1 fully saturated rings. The van der Waals surface area contributed by atoms with Crippen molar-refractivity contribution in [1.82, 2.24) is 5.32 Å². The van der Waals surface area contributed by atoms with Crippen molar-refractivity contribution in [2.75, 3.05) is 13.1 Å². The van der Waals surface area contributed by atoms with Gasteiger partial charge in [-0.15, -0.1) is 0 Å². The van der Waals surface area contributed by atoms with Crippen LogP contribution in [-0.2, 0) is 4.79 Å². The first-order valence-corrected chi connectivity index (χ1v) is 4.24. The second-order valence-electron chi connectivity index (χ2n) is 3.35. The van der Waals surface area contributed by atoms with Crippen molar-refractivity contribution >= 4 is 5.97 Å². The lowest BCUT2D eigenvalue weighted by molar-refractivity contribution is -0.145. The minimum atomic E-state index is -0.819. The molecule has 0 radical (unpaired) electrons. The van der Waals surface area contributed by atoms with Crippen LogP contribution in [0.25, 0.3) is 0 Å². The molecular formula is C8H15NO3. The van der Waals surface area contributed by atoms with E-state index in [4.69, 9.17) is 5.11 Å². The number of piperidine rings is 1. The van der Waals surface area contributed by atoms with Crippen LogP contribution in [-0.4, -0.2) is 35.4 Å². The number of β-amino-alcohol motifs (C(OH)–C–C–N with tert-alkyl or cyclic N) is 1. The summed E-state index contributed by atoms with van der Waals surface area (Å²) in [5.41, 5.74) is 0. The third kappa shape index (κ3) is 1.95. The fraction of sp³-hybridized carbons (Fsp3) is 0.875. The highest BCUT2D eigenvalue weighted by molar-refractivity contribution is 5.70. The molecule has 1 aliphatic heterocycles. The summed E-state index contributed by atoms with van der Waals surface area (Å²) in [6.45, 7) is 2.98. The van der Waals surface area contributed by atoms with Gasteiger partial charge in [0, 0.05) is 12.5 Å². The molecular weight excluding hydrogens is 158 g/mol. The van der Waals surface area contributed by atoms with Gasteiger partial charge in [0.2, 0.25) is 0 Å². The van der Waals surface area contributed by atoms with Gasteiger partial charge in [-0.1, -0.05) is 6.92 Å². The zero-order valence-electron chi connectivity index (χ0n) is 7.16. The molecule has 4 heteroatoms. The molecule has 3 atom stereocenters. The molecule has 12 heavy (non-hydrogen) atoms. The van der Waals surface area contributed by atoms with E-state index in [1.165, 1.54) is 0 Å². The summed E-state index contributed by atoms with van der Waals surface area (Å²) in [5, 5.41) is 21.2. The Bertz CT molecular complexity index is 172. The number of rotatable bonds is 2. The van der Waals surface area contributed by atoms with Gasteiger partial charge < -0.3 is 15.5 Å². The zero-order chi connectivity index (χ0) is 9.14. The summed E-state index contributed by atoms with van der Waals surface area (Å²) < 4.78 is 0. The van der Waals surface area contributed by atoms with E-state index in [-0.39, 0.29) is 5.92 Å². The maximum absolute atomic E-state index is 10.6. The predicted molar refractivity (Wildman–Crippen MR) is 43.8 cm³/mol. The fourth-order valence-electron chi connectivity index (χ4n) is 1.63. The molecule has 3 unspecified atom stereocenters. The number of aliphatic hydroxyl groups is 1.